The lowest BCUT2D eigenvalue weighted by Gasteiger charge is -2.08. The Bertz CT molecular complexity index is 1160. The summed E-state index contributed by atoms with van der Waals surface area (Å²) in [5.41, 5.74) is 2.04. The van der Waals surface area contributed by atoms with Crippen molar-refractivity contribution in [2.75, 3.05) is 0 Å². The van der Waals surface area contributed by atoms with Crippen molar-refractivity contribution in [3.63, 3.8) is 0 Å². The van der Waals surface area contributed by atoms with E-state index in [1.165, 1.54) is 24.3 Å². The topological polar surface area (TPSA) is 78.9 Å². The monoisotopic (exact) mass is 432 g/mol. The zero-order valence-corrected chi connectivity index (χ0v) is 16.7. The molecule has 32 heavy (non-hydrogen) atoms. The maximum absolute atomic E-state index is 12.7. The molecule has 0 atom stereocenters. The Hall–Kier alpha value is -4.52. The largest absolute Gasteiger partial charge is 0.423 e. The Labute approximate surface area is 183 Å². The highest BCUT2D eigenvalue weighted by Crippen LogP contribution is 2.24. The summed E-state index contributed by atoms with van der Waals surface area (Å²) in [5.74, 6) is -2.81. The molecule has 0 spiro atoms. The molecule has 3 rings (SSSR count). The van der Waals surface area contributed by atoms with Gasteiger partial charge in [-0.2, -0.15) is 4.39 Å². The smallest absolute Gasteiger partial charge is 0.371 e. The van der Waals surface area contributed by atoms with Crippen LogP contribution in [0.4, 0.5) is 4.39 Å². The van der Waals surface area contributed by atoms with E-state index in [0.29, 0.717) is 11.3 Å². The molecule has 0 amide bonds. The highest BCUT2D eigenvalue weighted by Gasteiger charge is 2.11. The molecule has 0 N–H and O–H groups in total. The van der Waals surface area contributed by atoms with Gasteiger partial charge in [-0.1, -0.05) is 37.4 Å². The Morgan fingerprint density at radius 3 is 1.62 bits per heavy atom. The third-order valence-electron chi connectivity index (χ3n) is 4.16. The lowest BCUT2D eigenvalue weighted by molar-refractivity contribution is -0.131. The van der Waals surface area contributed by atoms with Crippen LogP contribution in [0.3, 0.4) is 0 Å². The van der Waals surface area contributed by atoms with Crippen LogP contribution in [0.5, 0.6) is 17.2 Å². The summed E-state index contributed by atoms with van der Waals surface area (Å²) in [6.45, 7) is 6.20. The molecule has 0 heterocycles. The van der Waals surface area contributed by atoms with Crippen molar-refractivity contribution in [3.05, 3.63) is 103 Å². The number of carbonyl (C=O) groups is 3. The summed E-state index contributed by atoms with van der Waals surface area (Å²) in [5, 5.41) is 0. The highest BCUT2D eigenvalue weighted by molar-refractivity contribution is 5.92. The van der Waals surface area contributed by atoms with Crippen LogP contribution in [0.25, 0.3) is 11.1 Å². The lowest BCUT2D eigenvalue weighted by Crippen LogP contribution is -2.09. The second-order valence-electron chi connectivity index (χ2n) is 6.38. The molecule has 0 aromatic heterocycles. The van der Waals surface area contributed by atoms with Crippen molar-refractivity contribution in [1.29, 1.82) is 0 Å². The van der Waals surface area contributed by atoms with E-state index in [1.54, 1.807) is 48.5 Å². The van der Waals surface area contributed by atoms with E-state index in [2.05, 4.69) is 13.2 Å². The van der Waals surface area contributed by atoms with Gasteiger partial charge in [-0.25, -0.2) is 14.4 Å². The Balaban J connectivity index is 1.62. The normalized spacial score (nSPS) is 10.0. The molecular formula is C25H17FO6. The predicted octanol–water partition coefficient (Wildman–Crippen LogP) is 5.05. The summed E-state index contributed by atoms with van der Waals surface area (Å²) < 4.78 is 27.7. The van der Waals surface area contributed by atoms with E-state index in [9.17, 15) is 18.8 Å². The molecule has 0 aliphatic heterocycles. The molecule has 7 heteroatoms. The van der Waals surface area contributed by atoms with Crippen LogP contribution in [0, 0.1) is 0 Å². The van der Waals surface area contributed by atoms with Crippen molar-refractivity contribution in [3.8, 4) is 28.4 Å². The summed E-state index contributed by atoms with van der Waals surface area (Å²) in [4.78, 5) is 34.8. The predicted molar refractivity (Wildman–Crippen MR) is 115 cm³/mol. The minimum atomic E-state index is -1.21. The van der Waals surface area contributed by atoms with Gasteiger partial charge in [0.15, 0.2) is 0 Å². The van der Waals surface area contributed by atoms with Gasteiger partial charge in [-0.05, 0) is 59.7 Å². The summed E-state index contributed by atoms with van der Waals surface area (Å²) >= 11 is 0. The number of halogens is 1. The SMILES string of the molecule is C=CC(=O)Oc1ccc(-c2ccc(C(=O)Oc3ccc(OC(=O)C(=C)F)cc3)cc2)cc1. The summed E-state index contributed by atoms with van der Waals surface area (Å²) in [6.07, 6.45) is 1.08. The van der Waals surface area contributed by atoms with Gasteiger partial charge in [0.25, 0.3) is 0 Å². The Kier molecular flexibility index (Phi) is 6.92. The number of rotatable bonds is 7. The maximum Gasteiger partial charge on any atom is 0.371 e. The van der Waals surface area contributed by atoms with Crippen LogP contribution in [0.15, 0.2) is 97.9 Å². The van der Waals surface area contributed by atoms with E-state index in [4.69, 9.17) is 14.2 Å². The third-order valence-corrected chi connectivity index (χ3v) is 4.16. The molecule has 160 valence electrons. The van der Waals surface area contributed by atoms with Gasteiger partial charge in [-0.3, -0.25) is 0 Å². The van der Waals surface area contributed by atoms with Crippen LogP contribution in [0.2, 0.25) is 0 Å². The number of hydrogen-bond acceptors (Lipinski definition) is 6. The van der Waals surface area contributed by atoms with Gasteiger partial charge in [0.05, 0.1) is 5.56 Å². The second-order valence-corrected chi connectivity index (χ2v) is 6.38. The quantitative estimate of drug-likeness (QED) is 0.295. The number of ether oxygens (including phenoxy) is 3. The van der Waals surface area contributed by atoms with Crippen LogP contribution in [0.1, 0.15) is 10.4 Å². The number of benzene rings is 3. The first kappa shape index (κ1) is 22.2. The third kappa shape index (κ3) is 5.76. The van der Waals surface area contributed by atoms with Crippen LogP contribution in [-0.4, -0.2) is 17.9 Å². The zero-order chi connectivity index (χ0) is 23.1. The fourth-order valence-corrected chi connectivity index (χ4v) is 2.58. The van der Waals surface area contributed by atoms with Crippen molar-refractivity contribution in [2.45, 2.75) is 0 Å². The van der Waals surface area contributed by atoms with Crippen molar-refractivity contribution < 1.29 is 33.0 Å². The summed E-state index contributed by atoms with van der Waals surface area (Å²) in [6, 6.07) is 19.2. The molecule has 0 saturated carbocycles. The first-order chi connectivity index (χ1) is 15.4. The van der Waals surface area contributed by atoms with E-state index in [-0.39, 0.29) is 11.5 Å². The van der Waals surface area contributed by atoms with Crippen LogP contribution >= 0.6 is 0 Å². The van der Waals surface area contributed by atoms with Gasteiger partial charge < -0.3 is 14.2 Å². The molecule has 0 radical (unpaired) electrons. The van der Waals surface area contributed by atoms with Crippen molar-refractivity contribution in [2.24, 2.45) is 0 Å². The number of hydrogen-bond donors (Lipinski definition) is 0. The second kappa shape index (κ2) is 9.99. The molecule has 0 bridgehead atoms. The summed E-state index contributed by atoms with van der Waals surface area (Å²) in [7, 11) is 0. The van der Waals surface area contributed by atoms with Gasteiger partial charge >= 0.3 is 17.9 Å². The van der Waals surface area contributed by atoms with Crippen LogP contribution < -0.4 is 14.2 Å². The van der Waals surface area contributed by atoms with Gasteiger partial charge in [0.1, 0.15) is 17.2 Å². The first-order valence-electron chi connectivity index (χ1n) is 9.29. The molecule has 0 unspecified atom stereocenters. The van der Waals surface area contributed by atoms with Gasteiger partial charge in [-0.15, -0.1) is 0 Å². The average Bonchev–Trinajstić information content (AvgIpc) is 2.80. The Morgan fingerprint density at radius 2 is 1.12 bits per heavy atom. The van der Waals surface area contributed by atoms with E-state index < -0.39 is 23.7 Å². The molecule has 0 fully saturated rings. The molecule has 0 saturated heterocycles. The van der Waals surface area contributed by atoms with Crippen LogP contribution in [-0.2, 0) is 9.59 Å². The standard InChI is InChI=1S/C25H17FO6/c1-3-23(27)30-20-10-8-18(9-11-20)17-4-6-19(7-5-17)25(29)32-22-14-12-21(13-15-22)31-24(28)16(2)26/h3-15H,1-2H2. The van der Waals surface area contributed by atoms with Crippen molar-refractivity contribution in [1.82, 2.24) is 0 Å². The van der Waals surface area contributed by atoms with E-state index >= 15 is 0 Å². The molecule has 0 aliphatic rings. The molecule has 3 aromatic carbocycles. The molecule has 0 aliphatic carbocycles. The van der Waals surface area contributed by atoms with E-state index in [0.717, 1.165) is 17.2 Å². The fourth-order valence-electron chi connectivity index (χ4n) is 2.58. The Morgan fingerprint density at radius 1 is 0.688 bits per heavy atom. The highest BCUT2D eigenvalue weighted by atomic mass is 19.1. The maximum atomic E-state index is 12.7. The minimum absolute atomic E-state index is 0.0863. The molecule has 6 nitrogen and oxygen atoms in total. The average molecular weight is 432 g/mol. The van der Waals surface area contributed by atoms with Crippen molar-refractivity contribution >= 4 is 17.9 Å². The zero-order valence-electron chi connectivity index (χ0n) is 16.7. The molecule has 3 aromatic rings. The van der Waals surface area contributed by atoms with Gasteiger partial charge in [0, 0.05) is 6.08 Å². The number of carbonyl (C=O) groups excluding carboxylic acids is 3. The fraction of sp³-hybridized carbons (Fsp3) is 0. The van der Waals surface area contributed by atoms with Gasteiger partial charge in [0.2, 0.25) is 5.83 Å². The lowest BCUT2D eigenvalue weighted by atomic mass is 10.0. The van der Waals surface area contributed by atoms with E-state index in [1.807, 2.05) is 0 Å². The minimum Gasteiger partial charge on any atom is -0.423 e. The first-order valence-corrected chi connectivity index (χ1v) is 9.29. The number of esters is 3. The molecular weight excluding hydrogens is 415 g/mol.